The van der Waals surface area contributed by atoms with Crippen molar-refractivity contribution in [3.8, 4) is 0 Å². The van der Waals surface area contributed by atoms with Crippen molar-refractivity contribution in [1.29, 1.82) is 0 Å². The first-order valence-corrected chi connectivity index (χ1v) is 11.7. The van der Waals surface area contributed by atoms with Gasteiger partial charge in [0.25, 0.3) is 0 Å². The van der Waals surface area contributed by atoms with Gasteiger partial charge >= 0.3 is 0 Å². The van der Waals surface area contributed by atoms with Crippen LogP contribution in [-0.4, -0.2) is 60.8 Å². The Morgan fingerprint density at radius 1 is 1.09 bits per heavy atom. The zero-order chi connectivity index (χ0) is 22.7. The summed E-state index contributed by atoms with van der Waals surface area (Å²) in [5, 5.41) is 22.2. The van der Waals surface area contributed by atoms with Gasteiger partial charge < -0.3 is 25.4 Å². The molecule has 3 aromatic rings. The van der Waals surface area contributed by atoms with Gasteiger partial charge in [0.15, 0.2) is 17.7 Å². The second-order valence-corrected chi connectivity index (χ2v) is 9.77. The van der Waals surface area contributed by atoms with Crippen molar-refractivity contribution in [3.05, 3.63) is 47.5 Å². The van der Waals surface area contributed by atoms with E-state index >= 15 is 0 Å². The largest absolute Gasteiger partial charge is 0.387 e. The van der Waals surface area contributed by atoms with Gasteiger partial charge in [-0.05, 0) is 48.8 Å². The van der Waals surface area contributed by atoms with E-state index in [0.29, 0.717) is 28.9 Å². The van der Waals surface area contributed by atoms with Crippen molar-refractivity contribution in [1.82, 2.24) is 19.5 Å². The Labute approximate surface area is 195 Å². The summed E-state index contributed by atoms with van der Waals surface area (Å²) in [6.45, 7) is 0.191. The topological polar surface area (TPSA) is 129 Å². The molecule has 0 radical (unpaired) electrons. The maximum Gasteiger partial charge on any atom is 0.167 e. The van der Waals surface area contributed by atoms with E-state index in [2.05, 4.69) is 27.1 Å². The summed E-state index contributed by atoms with van der Waals surface area (Å²) in [6, 6.07) is 8.03. The molecule has 1 saturated heterocycles. The minimum atomic E-state index is -1.15. The molecule has 6 rings (SSSR count). The number of hydrogen-bond donors (Lipinski definition) is 3. The molecule has 4 N–H and O–H groups in total. The number of aliphatic hydroxyl groups is 2. The summed E-state index contributed by atoms with van der Waals surface area (Å²) in [5.41, 5.74) is 7.97. The highest BCUT2D eigenvalue weighted by Crippen LogP contribution is 2.54. The van der Waals surface area contributed by atoms with Crippen LogP contribution in [0.5, 0.6) is 0 Å². The second kappa shape index (κ2) is 8.18. The van der Waals surface area contributed by atoms with E-state index in [-0.39, 0.29) is 18.5 Å². The number of aliphatic hydroxyl groups excluding tert-OH is 2. The minimum absolute atomic E-state index is 0.0542. The predicted molar refractivity (Wildman–Crippen MR) is 120 cm³/mol. The van der Waals surface area contributed by atoms with E-state index in [0.717, 1.165) is 17.9 Å². The SMILES string of the molecule is Nc1ncnc2c1ncn2[C@@H]1O[C@H](COC2C3CCC(C3)C2c2ccc(Cl)cc2)[C@@H](O)[C@H]1O. The van der Waals surface area contributed by atoms with Crippen molar-refractivity contribution in [2.24, 2.45) is 11.8 Å². The molecule has 1 aromatic carbocycles. The molecule has 2 saturated carbocycles. The molecule has 3 fully saturated rings. The summed E-state index contributed by atoms with van der Waals surface area (Å²) in [4.78, 5) is 12.4. The van der Waals surface area contributed by atoms with E-state index in [1.807, 2.05) is 12.1 Å². The van der Waals surface area contributed by atoms with Crippen LogP contribution in [0.25, 0.3) is 11.2 Å². The van der Waals surface area contributed by atoms with E-state index in [4.69, 9.17) is 26.8 Å². The summed E-state index contributed by atoms with van der Waals surface area (Å²) in [7, 11) is 0. The number of ether oxygens (including phenoxy) is 2. The van der Waals surface area contributed by atoms with E-state index < -0.39 is 24.5 Å². The Morgan fingerprint density at radius 3 is 2.70 bits per heavy atom. The number of nitrogens with two attached hydrogens (primary N) is 1. The lowest BCUT2D eigenvalue weighted by Gasteiger charge is -2.32. The molecule has 3 heterocycles. The highest BCUT2D eigenvalue weighted by molar-refractivity contribution is 6.30. The fourth-order valence-corrected chi connectivity index (χ4v) is 6.11. The van der Waals surface area contributed by atoms with Crippen LogP contribution in [0.3, 0.4) is 0 Å². The van der Waals surface area contributed by atoms with Crippen molar-refractivity contribution in [2.45, 2.75) is 55.8 Å². The summed E-state index contributed by atoms with van der Waals surface area (Å²) in [6.07, 6.45) is 2.62. The smallest absolute Gasteiger partial charge is 0.167 e. The summed E-state index contributed by atoms with van der Waals surface area (Å²) in [5.74, 6) is 1.64. The van der Waals surface area contributed by atoms with Crippen molar-refractivity contribution in [2.75, 3.05) is 12.3 Å². The maximum absolute atomic E-state index is 10.7. The first-order chi connectivity index (χ1) is 16.0. The molecule has 0 spiro atoms. The lowest BCUT2D eigenvalue weighted by atomic mass is 9.81. The number of aromatic nitrogens is 4. The molecule has 2 bridgehead atoms. The lowest BCUT2D eigenvalue weighted by Crippen LogP contribution is -2.37. The maximum atomic E-state index is 10.7. The monoisotopic (exact) mass is 471 g/mol. The van der Waals surface area contributed by atoms with Gasteiger partial charge in [-0.25, -0.2) is 15.0 Å². The Kier molecular flexibility index (Phi) is 5.26. The van der Waals surface area contributed by atoms with Crippen LogP contribution in [-0.2, 0) is 9.47 Å². The van der Waals surface area contributed by atoms with Gasteiger partial charge in [0.1, 0.15) is 30.2 Å². The van der Waals surface area contributed by atoms with E-state index in [1.54, 1.807) is 4.57 Å². The Bertz CT molecular complexity index is 1160. The third-order valence-corrected chi connectivity index (χ3v) is 7.80. The zero-order valence-electron chi connectivity index (χ0n) is 17.9. The van der Waals surface area contributed by atoms with Gasteiger partial charge in [-0.15, -0.1) is 0 Å². The Morgan fingerprint density at radius 2 is 1.88 bits per heavy atom. The highest BCUT2D eigenvalue weighted by atomic mass is 35.5. The van der Waals surface area contributed by atoms with Gasteiger partial charge in [0.05, 0.1) is 19.0 Å². The number of imidazole rings is 1. The molecule has 33 heavy (non-hydrogen) atoms. The van der Waals surface area contributed by atoms with Crippen molar-refractivity contribution < 1.29 is 19.7 Å². The van der Waals surface area contributed by atoms with Crippen LogP contribution in [0.4, 0.5) is 5.82 Å². The molecule has 4 unspecified atom stereocenters. The molecule has 2 aliphatic carbocycles. The average molecular weight is 472 g/mol. The zero-order valence-corrected chi connectivity index (χ0v) is 18.6. The highest BCUT2D eigenvalue weighted by Gasteiger charge is 2.50. The lowest BCUT2D eigenvalue weighted by molar-refractivity contribution is -0.0935. The molecule has 2 aromatic heterocycles. The quantitative estimate of drug-likeness (QED) is 0.517. The average Bonchev–Trinajstić information content (AvgIpc) is 3.58. The van der Waals surface area contributed by atoms with Crippen LogP contribution in [0.15, 0.2) is 36.9 Å². The van der Waals surface area contributed by atoms with Gasteiger partial charge in [-0.1, -0.05) is 23.7 Å². The van der Waals surface area contributed by atoms with E-state index in [9.17, 15) is 10.2 Å². The number of rotatable bonds is 5. The molecule has 1 aliphatic heterocycles. The molecule has 10 heteroatoms. The number of hydrogen-bond acceptors (Lipinski definition) is 8. The van der Waals surface area contributed by atoms with Gasteiger partial charge in [0.2, 0.25) is 0 Å². The summed E-state index contributed by atoms with van der Waals surface area (Å²) >= 11 is 6.09. The number of nitrogen functional groups attached to an aromatic ring is 1. The van der Waals surface area contributed by atoms with Gasteiger partial charge in [0, 0.05) is 10.9 Å². The number of benzene rings is 1. The van der Waals surface area contributed by atoms with Crippen LogP contribution in [0.2, 0.25) is 5.02 Å². The molecule has 0 amide bonds. The van der Waals surface area contributed by atoms with Crippen LogP contribution in [0.1, 0.15) is 37.0 Å². The predicted octanol–water partition coefficient (Wildman–Crippen LogP) is 2.28. The Balaban J connectivity index is 1.19. The van der Waals surface area contributed by atoms with E-state index in [1.165, 1.54) is 24.6 Å². The molecule has 3 aliphatic rings. The first kappa shape index (κ1) is 21.2. The first-order valence-electron chi connectivity index (χ1n) is 11.3. The summed E-state index contributed by atoms with van der Waals surface area (Å²) < 4.78 is 14.0. The number of nitrogens with zero attached hydrogens (tertiary/aromatic N) is 4. The number of halogens is 1. The molecular formula is C23H26ClN5O4. The third-order valence-electron chi connectivity index (χ3n) is 7.55. The van der Waals surface area contributed by atoms with Crippen LogP contribution < -0.4 is 5.73 Å². The van der Waals surface area contributed by atoms with Crippen LogP contribution >= 0.6 is 11.6 Å². The van der Waals surface area contributed by atoms with Crippen molar-refractivity contribution in [3.63, 3.8) is 0 Å². The number of fused-ring (bicyclic) bond motifs is 3. The second-order valence-electron chi connectivity index (χ2n) is 9.34. The van der Waals surface area contributed by atoms with Crippen molar-refractivity contribution >= 4 is 28.6 Å². The van der Waals surface area contributed by atoms with Gasteiger partial charge in [-0.3, -0.25) is 4.57 Å². The fraction of sp³-hybridized carbons (Fsp3) is 0.522. The minimum Gasteiger partial charge on any atom is -0.387 e. The van der Waals surface area contributed by atoms with Crippen LogP contribution in [0, 0.1) is 11.8 Å². The third kappa shape index (κ3) is 3.50. The Hall–Kier alpha value is -2.30. The molecular weight excluding hydrogens is 446 g/mol. The fourth-order valence-electron chi connectivity index (χ4n) is 5.98. The molecule has 9 nitrogen and oxygen atoms in total. The molecule has 8 atom stereocenters. The molecule has 174 valence electrons. The van der Waals surface area contributed by atoms with Gasteiger partial charge in [-0.2, -0.15) is 0 Å². The number of anilines is 1. The normalized spacial score (nSPS) is 35.6. The standard InChI is InChI=1S/C23H26ClN5O4/c24-14-5-3-11(4-6-14)16-12-1-2-13(7-12)20(16)32-8-15-18(30)19(31)23(33-15)29-10-28-17-21(25)26-9-27-22(17)29/h3-6,9-10,12-13,15-16,18-20,23,30-31H,1-2,7-8H2,(H2,25,26,27)/t12?,13?,15-,16?,18-,19-,20?,23-/m1/s1.